The fourth-order valence-corrected chi connectivity index (χ4v) is 4.49. The van der Waals surface area contributed by atoms with Crippen LogP contribution in [0.5, 0.6) is 0 Å². The highest BCUT2D eigenvalue weighted by atomic mass is 16.4. The Labute approximate surface area is 213 Å². The molecule has 0 unspecified atom stereocenters. The van der Waals surface area contributed by atoms with E-state index in [0.717, 1.165) is 49.9 Å². The van der Waals surface area contributed by atoms with E-state index >= 15 is 0 Å². The van der Waals surface area contributed by atoms with Gasteiger partial charge in [-0.2, -0.15) is 0 Å². The van der Waals surface area contributed by atoms with Gasteiger partial charge in [-0.3, -0.25) is 4.79 Å². The van der Waals surface area contributed by atoms with Crippen molar-refractivity contribution < 1.29 is 14.3 Å². The molecule has 0 bridgehead atoms. The number of aliphatic carboxylic acids is 1. The van der Waals surface area contributed by atoms with Crippen LogP contribution in [0.15, 0.2) is 108 Å². The number of fused-ring (bicyclic) bond motifs is 3. The molecule has 4 aromatic carbocycles. The number of aromatic nitrogens is 2. The Morgan fingerprint density at radius 1 is 0.757 bits per heavy atom. The average molecular weight is 486 g/mol. The summed E-state index contributed by atoms with van der Waals surface area (Å²) in [5.74, 6) is 0.299. The maximum atomic E-state index is 11.0. The minimum Gasteiger partial charge on any atom is -0.481 e. The summed E-state index contributed by atoms with van der Waals surface area (Å²) in [6, 6.07) is 34.1. The topological polar surface area (TPSA) is 88.2 Å². The summed E-state index contributed by atoms with van der Waals surface area (Å²) in [6.45, 7) is 0.278. The van der Waals surface area contributed by atoms with Crippen LogP contribution in [0.25, 0.3) is 55.7 Å². The lowest BCUT2D eigenvalue weighted by Gasteiger charge is -2.11. The van der Waals surface area contributed by atoms with Crippen molar-refractivity contribution in [3.8, 4) is 33.8 Å². The van der Waals surface area contributed by atoms with E-state index in [9.17, 15) is 4.79 Å². The van der Waals surface area contributed by atoms with Crippen LogP contribution in [-0.4, -0.2) is 27.6 Å². The molecule has 0 amide bonds. The fourth-order valence-electron chi connectivity index (χ4n) is 4.49. The summed E-state index contributed by atoms with van der Waals surface area (Å²) in [5.41, 5.74) is 6.39. The largest absolute Gasteiger partial charge is 0.481 e. The molecule has 180 valence electrons. The molecule has 6 rings (SSSR count). The van der Waals surface area contributed by atoms with Crippen molar-refractivity contribution in [2.24, 2.45) is 0 Å². The van der Waals surface area contributed by atoms with Gasteiger partial charge in [0.05, 0.1) is 12.1 Å². The zero-order valence-corrected chi connectivity index (χ0v) is 19.9. The number of nitrogens with zero attached hydrogens (tertiary/aromatic N) is 2. The van der Waals surface area contributed by atoms with Gasteiger partial charge in [0.2, 0.25) is 0 Å². The molecule has 2 heterocycles. The van der Waals surface area contributed by atoms with Crippen LogP contribution in [0, 0.1) is 0 Å². The number of anilines is 1. The molecule has 0 radical (unpaired) electrons. The summed E-state index contributed by atoms with van der Waals surface area (Å²) in [6.07, 6.45) is 0.00202. The molecule has 37 heavy (non-hydrogen) atoms. The second-order valence-electron chi connectivity index (χ2n) is 8.76. The normalized spacial score (nSPS) is 11.1. The number of hydrogen-bond donors (Lipinski definition) is 2. The van der Waals surface area contributed by atoms with Crippen LogP contribution in [0.3, 0.4) is 0 Å². The second kappa shape index (κ2) is 9.59. The third kappa shape index (κ3) is 4.52. The number of carbonyl (C=O) groups is 1. The van der Waals surface area contributed by atoms with Gasteiger partial charge in [-0.1, -0.05) is 91.0 Å². The van der Waals surface area contributed by atoms with Crippen LogP contribution in [0.2, 0.25) is 0 Å². The van der Waals surface area contributed by atoms with E-state index in [4.69, 9.17) is 14.5 Å². The Bertz CT molecular complexity index is 1720. The van der Waals surface area contributed by atoms with Crippen LogP contribution in [0.1, 0.15) is 6.42 Å². The van der Waals surface area contributed by atoms with E-state index in [2.05, 4.69) is 46.7 Å². The third-order valence-corrected chi connectivity index (χ3v) is 6.30. The highest BCUT2D eigenvalue weighted by molar-refractivity contribution is 6.09. The number of carboxylic acids is 1. The summed E-state index contributed by atoms with van der Waals surface area (Å²) >= 11 is 0. The molecule has 6 aromatic rings. The quantitative estimate of drug-likeness (QED) is 0.247. The summed E-state index contributed by atoms with van der Waals surface area (Å²) in [4.78, 5) is 20.4. The van der Waals surface area contributed by atoms with Gasteiger partial charge in [-0.15, -0.1) is 0 Å². The Hall–Kier alpha value is -4.97. The monoisotopic (exact) mass is 485 g/mol. The average Bonchev–Trinajstić information content (AvgIpc) is 3.32. The predicted molar refractivity (Wildman–Crippen MR) is 146 cm³/mol. The van der Waals surface area contributed by atoms with Crippen molar-refractivity contribution in [3.05, 3.63) is 103 Å². The smallest absolute Gasteiger partial charge is 0.305 e. The lowest BCUT2D eigenvalue weighted by Crippen LogP contribution is -2.09. The van der Waals surface area contributed by atoms with Crippen LogP contribution >= 0.6 is 0 Å². The van der Waals surface area contributed by atoms with Gasteiger partial charge < -0.3 is 14.8 Å². The van der Waals surface area contributed by atoms with E-state index in [1.165, 1.54) is 0 Å². The maximum Gasteiger partial charge on any atom is 0.305 e. The number of rotatable bonds is 7. The lowest BCUT2D eigenvalue weighted by molar-refractivity contribution is -0.136. The Morgan fingerprint density at radius 2 is 1.49 bits per heavy atom. The number of para-hydroxylation sites is 2. The molecule has 0 aliphatic heterocycles. The Kier molecular flexibility index (Phi) is 5.83. The van der Waals surface area contributed by atoms with Crippen molar-refractivity contribution in [2.45, 2.75) is 6.42 Å². The fraction of sp³-hybridized carbons (Fsp3) is 0.0645. The number of hydrogen-bond acceptors (Lipinski definition) is 5. The Morgan fingerprint density at radius 3 is 2.30 bits per heavy atom. The second-order valence-corrected chi connectivity index (χ2v) is 8.76. The van der Waals surface area contributed by atoms with E-state index in [0.29, 0.717) is 11.6 Å². The van der Waals surface area contributed by atoms with Crippen LogP contribution in [-0.2, 0) is 4.79 Å². The zero-order chi connectivity index (χ0) is 25.2. The first-order valence-electron chi connectivity index (χ1n) is 12.1. The molecule has 0 saturated carbocycles. The van der Waals surface area contributed by atoms with Gasteiger partial charge in [-0.25, -0.2) is 9.97 Å². The molecule has 2 aromatic heterocycles. The van der Waals surface area contributed by atoms with Gasteiger partial charge in [-0.05, 0) is 11.6 Å². The highest BCUT2D eigenvalue weighted by Crippen LogP contribution is 2.36. The number of nitrogens with one attached hydrogen (secondary N) is 1. The van der Waals surface area contributed by atoms with Crippen molar-refractivity contribution in [3.63, 3.8) is 0 Å². The van der Waals surface area contributed by atoms with Crippen molar-refractivity contribution in [1.82, 2.24) is 9.97 Å². The molecule has 0 aliphatic carbocycles. The molecule has 0 spiro atoms. The first-order valence-corrected chi connectivity index (χ1v) is 12.1. The zero-order valence-electron chi connectivity index (χ0n) is 19.9. The van der Waals surface area contributed by atoms with E-state index < -0.39 is 5.97 Å². The lowest BCUT2D eigenvalue weighted by atomic mass is 10.0. The molecule has 2 N–H and O–H groups in total. The third-order valence-electron chi connectivity index (χ3n) is 6.30. The molecule has 0 fully saturated rings. The molecular formula is C31H23N3O3. The molecule has 6 nitrogen and oxygen atoms in total. The summed E-state index contributed by atoms with van der Waals surface area (Å²) in [5, 5.41) is 14.3. The van der Waals surface area contributed by atoms with Gasteiger partial charge in [0.15, 0.2) is 5.82 Å². The molecule has 0 aliphatic rings. The SMILES string of the molecule is O=C(O)CCNc1cc(-c2ccc(-c3cccc4c3oc3ccccc34)cc2)nc(-c2ccccc2)n1. The molecule has 0 atom stereocenters. The van der Waals surface area contributed by atoms with Gasteiger partial charge in [0.1, 0.15) is 17.0 Å². The molecular weight excluding hydrogens is 462 g/mol. The number of benzene rings is 4. The Balaban J connectivity index is 1.38. The van der Waals surface area contributed by atoms with Crippen LogP contribution in [0.4, 0.5) is 5.82 Å². The summed E-state index contributed by atoms with van der Waals surface area (Å²) in [7, 11) is 0. The molecule has 6 heteroatoms. The standard InChI is InChI=1S/C31H23N3O3/c35-29(36)17-18-32-28-19-26(33-31(34-28)22-7-2-1-3-8-22)21-15-13-20(14-16-21)23-10-6-11-25-24-9-4-5-12-27(24)37-30(23)25/h1-16,19H,17-18H2,(H,35,36)(H,32,33,34). The van der Waals surface area contributed by atoms with Crippen molar-refractivity contribution in [2.75, 3.05) is 11.9 Å². The number of furan rings is 1. The molecule has 0 saturated heterocycles. The van der Waals surface area contributed by atoms with Crippen molar-refractivity contribution in [1.29, 1.82) is 0 Å². The van der Waals surface area contributed by atoms with Gasteiger partial charge in [0.25, 0.3) is 0 Å². The minimum absolute atomic E-state index is 0.00202. The van der Waals surface area contributed by atoms with E-state index in [1.54, 1.807) is 0 Å². The van der Waals surface area contributed by atoms with E-state index in [1.807, 2.05) is 66.7 Å². The maximum absolute atomic E-state index is 11.0. The first-order chi connectivity index (χ1) is 18.2. The predicted octanol–water partition coefficient (Wildman–Crippen LogP) is 7.26. The highest BCUT2D eigenvalue weighted by Gasteiger charge is 2.13. The first kappa shape index (κ1) is 22.5. The van der Waals surface area contributed by atoms with Gasteiger partial charge >= 0.3 is 5.97 Å². The minimum atomic E-state index is -0.861. The van der Waals surface area contributed by atoms with Gasteiger partial charge in [0, 0.05) is 40.1 Å². The van der Waals surface area contributed by atoms with Crippen molar-refractivity contribution >= 4 is 33.7 Å². The number of carboxylic acid groups (broad SMARTS) is 1. The van der Waals surface area contributed by atoms with Crippen LogP contribution < -0.4 is 5.32 Å². The summed E-state index contributed by atoms with van der Waals surface area (Å²) < 4.78 is 6.22. The van der Waals surface area contributed by atoms with E-state index in [-0.39, 0.29) is 13.0 Å².